The van der Waals surface area contributed by atoms with Crippen LogP contribution in [0.4, 0.5) is 0 Å². The standard InChI is InChI=1S/C27H36N4O3S/c1-21(2)23-13-11-22(12-14-23)20-30-16-18-31(19-17-30)26(32)10-4-3-7-15-28-27-24-8-5-6-9-25(24)35(33,34)29-27/h5-6,8-9,11-14,21H,3-4,7,10,15-20H2,1-2H3,(H,28,29). The van der Waals surface area contributed by atoms with E-state index < -0.39 is 10.0 Å². The summed E-state index contributed by atoms with van der Waals surface area (Å²) in [7, 11) is -3.49. The number of nitrogens with zero attached hydrogens (tertiary/aromatic N) is 3. The summed E-state index contributed by atoms with van der Waals surface area (Å²) in [6, 6.07) is 15.8. The van der Waals surface area contributed by atoms with E-state index in [1.54, 1.807) is 18.2 Å². The van der Waals surface area contributed by atoms with E-state index in [1.165, 1.54) is 11.1 Å². The Hall–Kier alpha value is -2.71. The molecule has 0 atom stereocenters. The summed E-state index contributed by atoms with van der Waals surface area (Å²) in [5.41, 5.74) is 3.33. The minimum Gasteiger partial charge on any atom is -0.340 e. The summed E-state index contributed by atoms with van der Waals surface area (Å²) in [5, 5.41) is 0. The maximum Gasteiger partial charge on any atom is 0.263 e. The van der Waals surface area contributed by atoms with Gasteiger partial charge in [0.2, 0.25) is 5.91 Å². The Morgan fingerprint density at radius 1 is 0.971 bits per heavy atom. The van der Waals surface area contributed by atoms with E-state index >= 15 is 0 Å². The highest BCUT2D eigenvalue weighted by Crippen LogP contribution is 2.22. The highest BCUT2D eigenvalue weighted by molar-refractivity contribution is 7.90. The average molecular weight is 497 g/mol. The third-order valence-corrected chi connectivity index (χ3v) is 8.16. The number of unbranched alkanes of at least 4 members (excludes halogenated alkanes) is 2. The maximum atomic E-state index is 12.6. The van der Waals surface area contributed by atoms with Gasteiger partial charge in [-0.1, -0.05) is 56.7 Å². The molecule has 1 saturated heterocycles. The molecule has 0 bridgehead atoms. The number of carbonyl (C=O) groups is 1. The lowest BCUT2D eigenvalue weighted by Crippen LogP contribution is -2.48. The van der Waals surface area contributed by atoms with Crippen LogP contribution in [0.5, 0.6) is 0 Å². The van der Waals surface area contributed by atoms with Crippen LogP contribution < -0.4 is 4.72 Å². The van der Waals surface area contributed by atoms with Gasteiger partial charge < -0.3 is 4.90 Å². The van der Waals surface area contributed by atoms with Gasteiger partial charge in [-0.15, -0.1) is 0 Å². The van der Waals surface area contributed by atoms with E-state index in [0.717, 1.165) is 52.0 Å². The Morgan fingerprint density at radius 3 is 2.40 bits per heavy atom. The van der Waals surface area contributed by atoms with Crippen molar-refractivity contribution in [3.63, 3.8) is 0 Å². The number of benzene rings is 2. The number of aliphatic imine (C=N–C) groups is 1. The second kappa shape index (κ2) is 11.4. The van der Waals surface area contributed by atoms with Crippen LogP contribution in [-0.4, -0.2) is 62.7 Å². The third kappa shape index (κ3) is 6.49. The number of hydrogen-bond acceptors (Lipinski definition) is 5. The van der Waals surface area contributed by atoms with Crippen molar-refractivity contribution in [3.8, 4) is 0 Å². The number of amides is 1. The lowest BCUT2D eigenvalue weighted by molar-refractivity contribution is -0.133. The second-order valence-electron chi connectivity index (χ2n) is 9.70. The van der Waals surface area contributed by atoms with Crippen molar-refractivity contribution in [2.24, 2.45) is 4.99 Å². The number of nitrogens with one attached hydrogen (secondary N) is 1. The zero-order valence-electron chi connectivity index (χ0n) is 20.7. The molecule has 8 heteroatoms. The molecule has 2 aliphatic heterocycles. The number of sulfonamides is 1. The fourth-order valence-electron chi connectivity index (χ4n) is 4.59. The summed E-state index contributed by atoms with van der Waals surface area (Å²) >= 11 is 0. The topological polar surface area (TPSA) is 82.1 Å². The van der Waals surface area contributed by atoms with Gasteiger partial charge in [0.1, 0.15) is 5.84 Å². The van der Waals surface area contributed by atoms with Crippen molar-refractivity contribution >= 4 is 21.8 Å². The van der Waals surface area contributed by atoms with Gasteiger partial charge in [0.25, 0.3) is 10.0 Å². The van der Waals surface area contributed by atoms with Crippen molar-refractivity contribution < 1.29 is 13.2 Å². The molecule has 0 spiro atoms. The molecule has 1 fully saturated rings. The summed E-state index contributed by atoms with van der Waals surface area (Å²) in [6.45, 7) is 9.29. The fraction of sp³-hybridized carbons (Fsp3) is 0.481. The summed E-state index contributed by atoms with van der Waals surface area (Å²) in [5.74, 6) is 1.20. The lowest BCUT2D eigenvalue weighted by atomic mass is 10.0. The van der Waals surface area contributed by atoms with Crippen molar-refractivity contribution in [2.45, 2.75) is 56.9 Å². The largest absolute Gasteiger partial charge is 0.340 e. The molecular formula is C27H36N4O3S. The van der Waals surface area contributed by atoms with Crippen LogP contribution in [0.15, 0.2) is 58.4 Å². The minimum atomic E-state index is -3.49. The monoisotopic (exact) mass is 496 g/mol. The molecule has 0 radical (unpaired) electrons. The van der Waals surface area contributed by atoms with Crippen LogP contribution in [0.3, 0.4) is 0 Å². The molecule has 2 aliphatic rings. The number of amidine groups is 1. The molecule has 1 amide bonds. The highest BCUT2D eigenvalue weighted by Gasteiger charge is 2.29. The molecule has 188 valence electrons. The van der Waals surface area contributed by atoms with Crippen LogP contribution in [0, 0.1) is 0 Å². The predicted molar refractivity (Wildman–Crippen MR) is 139 cm³/mol. The molecule has 0 saturated carbocycles. The number of piperazine rings is 1. The lowest BCUT2D eigenvalue weighted by Gasteiger charge is -2.35. The number of rotatable bonds is 9. The molecule has 7 nitrogen and oxygen atoms in total. The zero-order chi connectivity index (χ0) is 24.8. The zero-order valence-corrected chi connectivity index (χ0v) is 21.6. The van der Waals surface area contributed by atoms with Crippen LogP contribution in [-0.2, 0) is 21.4 Å². The van der Waals surface area contributed by atoms with Crippen molar-refractivity contribution in [1.29, 1.82) is 0 Å². The first-order valence-electron chi connectivity index (χ1n) is 12.6. The van der Waals surface area contributed by atoms with Gasteiger partial charge in [0, 0.05) is 51.3 Å². The molecule has 0 aliphatic carbocycles. The van der Waals surface area contributed by atoms with E-state index in [9.17, 15) is 13.2 Å². The van der Waals surface area contributed by atoms with E-state index in [-0.39, 0.29) is 10.8 Å². The molecule has 1 N–H and O–H groups in total. The van der Waals surface area contributed by atoms with Gasteiger partial charge in [-0.2, -0.15) is 0 Å². The van der Waals surface area contributed by atoms with E-state index in [0.29, 0.717) is 30.3 Å². The summed E-state index contributed by atoms with van der Waals surface area (Å²) < 4.78 is 26.8. The molecule has 2 aromatic carbocycles. The van der Waals surface area contributed by atoms with Gasteiger partial charge in [-0.3, -0.25) is 19.4 Å². The van der Waals surface area contributed by atoms with Gasteiger partial charge in [0.05, 0.1) is 4.90 Å². The first-order chi connectivity index (χ1) is 16.8. The average Bonchev–Trinajstić information content (AvgIpc) is 3.12. The van der Waals surface area contributed by atoms with Gasteiger partial charge in [-0.25, -0.2) is 8.42 Å². The number of fused-ring (bicyclic) bond motifs is 1. The summed E-state index contributed by atoms with van der Waals surface area (Å²) in [4.78, 5) is 21.8. The Morgan fingerprint density at radius 2 is 1.69 bits per heavy atom. The quantitative estimate of drug-likeness (QED) is 0.536. The molecule has 35 heavy (non-hydrogen) atoms. The predicted octanol–water partition coefficient (Wildman–Crippen LogP) is 3.75. The fourth-order valence-corrected chi connectivity index (χ4v) is 5.84. The molecule has 4 rings (SSSR count). The minimum absolute atomic E-state index is 0.231. The SMILES string of the molecule is CC(C)c1ccc(CN2CCN(C(=O)CCCCCN=C3NS(=O)(=O)c4ccccc43)CC2)cc1. The normalized spacial score (nSPS) is 18.6. The van der Waals surface area contributed by atoms with Crippen LogP contribution in [0.25, 0.3) is 0 Å². The van der Waals surface area contributed by atoms with E-state index in [1.807, 2.05) is 11.0 Å². The maximum absolute atomic E-state index is 12.6. The highest BCUT2D eigenvalue weighted by atomic mass is 32.2. The first-order valence-corrected chi connectivity index (χ1v) is 14.1. The van der Waals surface area contributed by atoms with Gasteiger partial charge >= 0.3 is 0 Å². The van der Waals surface area contributed by atoms with Crippen LogP contribution >= 0.6 is 0 Å². The van der Waals surface area contributed by atoms with Crippen LogP contribution in [0.1, 0.15) is 62.1 Å². The van der Waals surface area contributed by atoms with Crippen molar-refractivity contribution in [1.82, 2.24) is 14.5 Å². The third-order valence-electron chi connectivity index (χ3n) is 6.76. The number of hydrogen-bond donors (Lipinski definition) is 1. The summed E-state index contributed by atoms with van der Waals surface area (Å²) in [6.07, 6.45) is 3.10. The number of carbonyl (C=O) groups excluding carboxylic acids is 1. The van der Waals surface area contributed by atoms with Gasteiger partial charge in [-0.05, 0) is 42.0 Å². The van der Waals surface area contributed by atoms with Gasteiger partial charge in [0.15, 0.2) is 0 Å². The Labute approximate surface area is 209 Å². The van der Waals surface area contributed by atoms with E-state index in [2.05, 4.69) is 52.7 Å². The van der Waals surface area contributed by atoms with Crippen molar-refractivity contribution in [2.75, 3.05) is 32.7 Å². The molecule has 2 heterocycles. The molecule has 0 aromatic heterocycles. The Balaban J connectivity index is 1.13. The van der Waals surface area contributed by atoms with Crippen molar-refractivity contribution in [3.05, 3.63) is 65.2 Å². The molecular weight excluding hydrogens is 460 g/mol. The van der Waals surface area contributed by atoms with E-state index in [4.69, 9.17) is 0 Å². The van der Waals surface area contributed by atoms with Crippen LogP contribution in [0.2, 0.25) is 0 Å². The molecule has 2 aromatic rings. The Kier molecular flexibility index (Phi) is 8.23. The smallest absolute Gasteiger partial charge is 0.263 e. The first kappa shape index (κ1) is 25.4. The second-order valence-corrected chi connectivity index (χ2v) is 11.3. The Bertz CT molecular complexity index is 1150. The molecule has 0 unspecified atom stereocenters.